The molecule has 0 aliphatic carbocycles. The van der Waals surface area contributed by atoms with Crippen LogP contribution in [0.5, 0.6) is 5.75 Å². The Bertz CT molecular complexity index is 2170. The third-order valence-corrected chi connectivity index (χ3v) is 10.1. The zero-order valence-electron chi connectivity index (χ0n) is 33.6. The molecule has 17 heteroatoms. The summed E-state index contributed by atoms with van der Waals surface area (Å²) in [5.41, 5.74) is 2.11. The third kappa shape index (κ3) is 16.3. The number of nitrogens with one attached hydrogen (secondary N) is 5. The summed E-state index contributed by atoms with van der Waals surface area (Å²) in [5, 5.41) is 10.4. The zero-order valence-corrected chi connectivity index (χ0v) is 34.4. The molecule has 0 radical (unpaired) electrons. The molecule has 1 heterocycles. The SMILES string of the molecule is C=CCOC(=O)N[C@@H](Cc1ccccc1)C(=O)Nc1cc(OCC(=O)OCc2ccccc2)cc(NC(=O)[C@H](Cc2ccccc2)NS(=O)(=O)C[C@@H](NC(C)=O)C(C)C)n1. The number of esters is 1. The quantitative estimate of drug-likeness (QED) is 0.0555. The topological polar surface area (TPSA) is 220 Å². The van der Waals surface area contributed by atoms with Gasteiger partial charge in [-0.25, -0.2) is 27.7 Å². The van der Waals surface area contributed by atoms with Gasteiger partial charge in [-0.1, -0.05) is 117 Å². The monoisotopic (exact) mass is 842 g/mol. The second-order valence-corrected chi connectivity index (χ2v) is 15.8. The number of nitrogens with zero attached hydrogens (tertiary/aromatic N) is 1. The van der Waals surface area contributed by atoms with Gasteiger partial charge in [-0.05, 0) is 29.0 Å². The first-order chi connectivity index (χ1) is 28.7. The summed E-state index contributed by atoms with van der Waals surface area (Å²) in [6, 6.07) is 25.9. The highest BCUT2D eigenvalue weighted by Crippen LogP contribution is 2.23. The molecule has 3 atom stereocenters. The number of pyridine rings is 1. The maximum atomic E-state index is 14.0. The molecular weight excluding hydrogens is 793 g/mol. The number of aromatic nitrogens is 1. The summed E-state index contributed by atoms with van der Waals surface area (Å²) in [6.45, 7) is 7.67. The molecule has 4 amide bonds. The van der Waals surface area contributed by atoms with Crippen LogP contribution in [0.15, 0.2) is 116 Å². The third-order valence-electron chi connectivity index (χ3n) is 8.64. The van der Waals surface area contributed by atoms with Crippen LogP contribution in [0, 0.1) is 5.92 Å². The van der Waals surface area contributed by atoms with Gasteiger partial charge in [0, 0.05) is 31.5 Å². The highest BCUT2D eigenvalue weighted by molar-refractivity contribution is 7.89. The number of alkyl carbamates (subject to hydrolysis) is 1. The summed E-state index contributed by atoms with van der Waals surface area (Å²) in [4.78, 5) is 69.3. The van der Waals surface area contributed by atoms with Gasteiger partial charge in [-0.3, -0.25) is 14.4 Å². The molecule has 5 N–H and O–H groups in total. The van der Waals surface area contributed by atoms with Crippen molar-refractivity contribution in [3.63, 3.8) is 0 Å². The van der Waals surface area contributed by atoms with Crippen molar-refractivity contribution >= 4 is 51.4 Å². The predicted molar refractivity (Wildman–Crippen MR) is 225 cm³/mol. The van der Waals surface area contributed by atoms with E-state index < -0.39 is 70.3 Å². The van der Waals surface area contributed by atoms with Gasteiger partial charge in [0.25, 0.3) is 0 Å². The lowest BCUT2D eigenvalue weighted by atomic mass is 10.1. The average Bonchev–Trinajstić information content (AvgIpc) is 3.21. The summed E-state index contributed by atoms with van der Waals surface area (Å²) >= 11 is 0. The maximum absolute atomic E-state index is 14.0. The first kappa shape index (κ1) is 46.1. The molecule has 0 aliphatic rings. The standard InChI is InChI=1S/C43H50N6O10S/c1-5-21-57-43(54)45-35(22-31-15-9-6-10-16-31)41(52)47-38-24-34(58-27-40(51)59-26-33-19-13-8-14-20-33)25-39(46-38)48-42(53)36(23-32-17-11-7-12-18-32)49-60(55,56)28-37(29(2)3)44-30(4)50/h5-20,24-25,29,35-37,49H,1,21-23,26-28H2,2-4H3,(H,44,50)(H,45,54)(H2,46,47,48,52,53)/t35-,36-,37+/m0/s1. The van der Waals surface area contributed by atoms with Crippen LogP contribution in [-0.2, 0) is 58.1 Å². The molecule has 0 aliphatic heterocycles. The van der Waals surface area contributed by atoms with Crippen molar-refractivity contribution in [1.82, 2.24) is 20.3 Å². The van der Waals surface area contributed by atoms with Crippen LogP contribution in [0.2, 0.25) is 0 Å². The van der Waals surface area contributed by atoms with Crippen LogP contribution >= 0.6 is 0 Å². The Morgan fingerprint density at radius 2 is 1.25 bits per heavy atom. The van der Waals surface area contributed by atoms with Gasteiger partial charge in [0.15, 0.2) is 6.61 Å². The molecule has 3 aromatic carbocycles. The maximum Gasteiger partial charge on any atom is 0.408 e. The molecule has 60 heavy (non-hydrogen) atoms. The minimum absolute atomic E-state index is 0.00549. The van der Waals surface area contributed by atoms with Crippen molar-refractivity contribution in [1.29, 1.82) is 0 Å². The van der Waals surface area contributed by atoms with Crippen LogP contribution in [0.1, 0.15) is 37.5 Å². The lowest BCUT2D eigenvalue weighted by molar-refractivity contribution is -0.147. The van der Waals surface area contributed by atoms with Gasteiger partial charge >= 0.3 is 12.1 Å². The smallest absolute Gasteiger partial charge is 0.408 e. The van der Waals surface area contributed by atoms with E-state index in [1.807, 2.05) is 6.07 Å². The number of hydrogen-bond acceptors (Lipinski definition) is 11. The highest BCUT2D eigenvalue weighted by atomic mass is 32.2. The molecule has 0 saturated heterocycles. The fourth-order valence-electron chi connectivity index (χ4n) is 5.64. The van der Waals surface area contributed by atoms with Gasteiger partial charge in [0.1, 0.15) is 42.7 Å². The van der Waals surface area contributed by atoms with Gasteiger partial charge in [-0.2, -0.15) is 0 Å². The van der Waals surface area contributed by atoms with Crippen LogP contribution in [-0.4, -0.2) is 80.3 Å². The van der Waals surface area contributed by atoms with Crippen molar-refractivity contribution in [2.75, 3.05) is 29.6 Å². The molecule has 4 aromatic rings. The van der Waals surface area contributed by atoms with E-state index in [1.165, 1.54) is 25.1 Å². The van der Waals surface area contributed by atoms with E-state index >= 15 is 0 Å². The van der Waals surface area contributed by atoms with E-state index in [2.05, 4.69) is 37.6 Å². The molecule has 318 valence electrons. The van der Waals surface area contributed by atoms with Gasteiger partial charge in [0.2, 0.25) is 27.7 Å². The van der Waals surface area contributed by atoms with Crippen molar-refractivity contribution in [3.8, 4) is 5.75 Å². The van der Waals surface area contributed by atoms with E-state index in [4.69, 9.17) is 14.2 Å². The largest absolute Gasteiger partial charge is 0.482 e. The number of ether oxygens (including phenoxy) is 3. The number of sulfonamides is 1. The lowest BCUT2D eigenvalue weighted by Gasteiger charge is -2.24. The average molecular weight is 843 g/mol. The Balaban J connectivity index is 1.63. The van der Waals surface area contributed by atoms with Crippen LogP contribution in [0.3, 0.4) is 0 Å². The molecule has 1 aromatic heterocycles. The number of amides is 4. The molecule has 0 saturated carbocycles. The normalized spacial score (nSPS) is 12.5. The van der Waals surface area contributed by atoms with Gasteiger partial charge in [0.05, 0.1) is 5.75 Å². The van der Waals surface area contributed by atoms with E-state index in [-0.39, 0.29) is 49.4 Å². The molecule has 0 spiro atoms. The number of hydrogen-bond donors (Lipinski definition) is 5. The van der Waals surface area contributed by atoms with E-state index in [1.54, 1.807) is 98.8 Å². The zero-order chi connectivity index (χ0) is 43.5. The molecule has 0 unspecified atom stereocenters. The predicted octanol–water partition coefficient (Wildman–Crippen LogP) is 4.30. The Morgan fingerprint density at radius 3 is 1.77 bits per heavy atom. The Kier molecular flexibility index (Phi) is 17.8. The fourth-order valence-corrected chi connectivity index (χ4v) is 7.31. The Labute approximate surface area is 349 Å². The molecule has 4 rings (SSSR count). The van der Waals surface area contributed by atoms with E-state index in [9.17, 15) is 32.4 Å². The first-order valence-electron chi connectivity index (χ1n) is 19.0. The minimum atomic E-state index is -4.18. The second-order valence-electron chi connectivity index (χ2n) is 14.0. The number of benzene rings is 3. The number of carbonyl (C=O) groups is 5. The van der Waals surface area contributed by atoms with Crippen molar-refractivity contribution < 1.29 is 46.6 Å². The van der Waals surface area contributed by atoms with Gasteiger partial charge in [-0.15, -0.1) is 0 Å². The van der Waals surface area contributed by atoms with E-state index in [0.717, 1.165) is 11.1 Å². The summed E-state index contributed by atoms with van der Waals surface area (Å²) in [7, 11) is -4.18. The van der Waals surface area contributed by atoms with Crippen molar-refractivity contribution in [2.45, 2.75) is 58.3 Å². The van der Waals surface area contributed by atoms with Crippen molar-refractivity contribution in [2.24, 2.45) is 5.92 Å². The fraction of sp³-hybridized carbons (Fsp3) is 0.302. The summed E-state index contributed by atoms with van der Waals surface area (Å²) in [6.07, 6.45) is 0.490. The summed E-state index contributed by atoms with van der Waals surface area (Å²) < 4.78 is 45.6. The van der Waals surface area contributed by atoms with Crippen LogP contribution < -0.4 is 30.7 Å². The van der Waals surface area contributed by atoms with Crippen molar-refractivity contribution in [3.05, 3.63) is 132 Å². The number of rotatable bonds is 22. The molecule has 0 bridgehead atoms. The Morgan fingerprint density at radius 1 is 0.733 bits per heavy atom. The van der Waals surface area contributed by atoms with Crippen LogP contribution in [0.25, 0.3) is 0 Å². The number of carbonyl (C=O) groups excluding carboxylic acids is 5. The second kappa shape index (κ2) is 23.1. The molecule has 16 nitrogen and oxygen atoms in total. The van der Waals surface area contributed by atoms with E-state index in [0.29, 0.717) is 5.56 Å². The number of anilines is 2. The Hall–Kier alpha value is -6.59. The molecule has 0 fully saturated rings. The summed E-state index contributed by atoms with van der Waals surface area (Å²) in [5.74, 6) is -3.76. The van der Waals surface area contributed by atoms with Gasteiger partial charge < -0.3 is 35.5 Å². The highest BCUT2D eigenvalue weighted by Gasteiger charge is 2.30. The van der Waals surface area contributed by atoms with Crippen LogP contribution in [0.4, 0.5) is 16.4 Å². The molecular formula is C43H50N6O10S. The minimum Gasteiger partial charge on any atom is -0.482 e. The lowest BCUT2D eigenvalue weighted by Crippen LogP contribution is -2.50. The first-order valence-corrected chi connectivity index (χ1v) is 20.7.